The van der Waals surface area contributed by atoms with Crippen LogP contribution in [0.3, 0.4) is 0 Å². The van der Waals surface area contributed by atoms with Gasteiger partial charge in [-0.2, -0.15) is 0 Å². The summed E-state index contributed by atoms with van der Waals surface area (Å²) in [6, 6.07) is 59.8. The minimum Gasteiger partial charge on any atom is -0.455 e. The molecule has 2 heterocycles. The number of fused-ring (bicyclic) bond motifs is 12. The van der Waals surface area contributed by atoms with Crippen LogP contribution in [0.5, 0.6) is 0 Å². The molecule has 2 aromatic heterocycles. The van der Waals surface area contributed by atoms with Gasteiger partial charge in [0.1, 0.15) is 11.2 Å². The van der Waals surface area contributed by atoms with Crippen molar-refractivity contribution in [2.45, 2.75) is 19.3 Å². The first-order valence-electron chi connectivity index (χ1n) is 17.9. The Morgan fingerprint density at radius 2 is 1.21 bits per heavy atom. The Morgan fingerprint density at radius 1 is 0.500 bits per heavy atom. The molecule has 10 aromatic rings. The first-order chi connectivity index (χ1) is 25.6. The first-order valence-corrected chi connectivity index (χ1v) is 18.7. The molecule has 0 saturated carbocycles. The molecule has 246 valence electrons. The van der Waals surface area contributed by atoms with Gasteiger partial charge in [-0.1, -0.05) is 129 Å². The molecular formula is C49H33NOS. The second-order valence-corrected chi connectivity index (χ2v) is 15.5. The fourth-order valence-electron chi connectivity index (χ4n) is 8.83. The molecule has 0 N–H and O–H groups in total. The van der Waals surface area contributed by atoms with Gasteiger partial charge in [0.05, 0.1) is 11.4 Å². The third-order valence-electron chi connectivity index (χ3n) is 11.3. The Labute approximate surface area is 305 Å². The Kier molecular flexibility index (Phi) is 6.21. The lowest BCUT2D eigenvalue weighted by Gasteiger charge is -2.29. The van der Waals surface area contributed by atoms with Crippen LogP contribution >= 0.6 is 11.3 Å². The van der Waals surface area contributed by atoms with E-state index in [0.717, 1.165) is 33.3 Å². The summed E-state index contributed by atoms with van der Waals surface area (Å²) >= 11 is 1.86. The van der Waals surface area contributed by atoms with E-state index < -0.39 is 0 Å². The van der Waals surface area contributed by atoms with Gasteiger partial charge in [-0.3, -0.25) is 0 Å². The number of hydrogen-bond acceptors (Lipinski definition) is 3. The van der Waals surface area contributed by atoms with Gasteiger partial charge < -0.3 is 9.32 Å². The van der Waals surface area contributed by atoms with Gasteiger partial charge in [-0.15, -0.1) is 11.3 Å². The highest BCUT2D eigenvalue weighted by molar-refractivity contribution is 7.26. The molecular weight excluding hydrogens is 651 g/mol. The molecule has 0 atom stereocenters. The third-order valence-corrected chi connectivity index (χ3v) is 12.4. The summed E-state index contributed by atoms with van der Waals surface area (Å²) in [5.74, 6) is 0. The predicted molar refractivity (Wildman–Crippen MR) is 222 cm³/mol. The van der Waals surface area contributed by atoms with Crippen molar-refractivity contribution in [1.29, 1.82) is 0 Å². The summed E-state index contributed by atoms with van der Waals surface area (Å²) in [5, 5.41) is 7.17. The van der Waals surface area contributed by atoms with Crippen LogP contribution in [0.25, 0.3) is 75.1 Å². The number of thiophene rings is 1. The number of nitrogens with zero attached hydrogens (tertiary/aromatic N) is 1. The highest BCUT2D eigenvalue weighted by atomic mass is 32.1. The molecule has 0 bridgehead atoms. The molecule has 1 aliphatic carbocycles. The van der Waals surface area contributed by atoms with Gasteiger partial charge in [-0.25, -0.2) is 0 Å². The summed E-state index contributed by atoms with van der Waals surface area (Å²) in [6.07, 6.45) is 0. The minimum atomic E-state index is -0.115. The van der Waals surface area contributed by atoms with E-state index in [2.05, 4.69) is 183 Å². The topological polar surface area (TPSA) is 16.4 Å². The lowest BCUT2D eigenvalue weighted by molar-refractivity contribution is 0.660. The zero-order chi connectivity index (χ0) is 34.6. The lowest BCUT2D eigenvalue weighted by Crippen LogP contribution is -2.16. The fraction of sp³-hybridized carbons (Fsp3) is 0.0612. The van der Waals surface area contributed by atoms with E-state index in [9.17, 15) is 0 Å². The summed E-state index contributed by atoms with van der Waals surface area (Å²) in [5.41, 5.74) is 13.0. The second-order valence-electron chi connectivity index (χ2n) is 14.4. The molecule has 0 saturated heterocycles. The van der Waals surface area contributed by atoms with Crippen LogP contribution in [0.2, 0.25) is 0 Å². The molecule has 0 unspecified atom stereocenters. The number of furan rings is 1. The maximum atomic E-state index is 6.73. The van der Waals surface area contributed by atoms with Crippen LogP contribution in [0.15, 0.2) is 168 Å². The van der Waals surface area contributed by atoms with Crippen LogP contribution in [0.4, 0.5) is 17.1 Å². The van der Waals surface area contributed by atoms with E-state index in [-0.39, 0.29) is 5.41 Å². The quantitative estimate of drug-likeness (QED) is 0.184. The molecule has 0 fully saturated rings. The monoisotopic (exact) mass is 683 g/mol. The number of benzene rings is 8. The fourth-order valence-corrected chi connectivity index (χ4v) is 9.97. The number of hydrogen-bond donors (Lipinski definition) is 0. The van der Waals surface area contributed by atoms with Gasteiger partial charge in [0, 0.05) is 53.0 Å². The van der Waals surface area contributed by atoms with E-state index in [4.69, 9.17) is 4.42 Å². The maximum Gasteiger partial charge on any atom is 0.143 e. The zero-order valence-corrected chi connectivity index (χ0v) is 29.7. The van der Waals surface area contributed by atoms with Gasteiger partial charge in [0.15, 0.2) is 0 Å². The van der Waals surface area contributed by atoms with E-state index in [1.807, 2.05) is 11.3 Å². The zero-order valence-electron chi connectivity index (χ0n) is 28.9. The van der Waals surface area contributed by atoms with Gasteiger partial charge in [-0.05, 0) is 81.7 Å². The van der Waals surface area contributed by atoms with E-state index in [1.165, 1.54) is 70.0 Å². The summed E-state index contributed by atoms with van der Waals surface area (Å²) in [4.78, 5) is 2.51. The van der Waals surface area contributed by atoms with Crippen molar-refractivity contribution in [2.75, 3.05) is 4.90 Å². The molecule has 0 amide bonds. The summed E-state index contributed by atoms with van der Waals surface area (Å²) in [7, 11) is 0. The molecule has 2 nitrogen and oxygen atoms in total. The molecule has 1 aliphatic rings. The second kappa shape index (κ2) is 10.9. The average Bonchev–Trinajstić information content (AvgIpc) is 3.84. The molecule has 52 heavy (non-hydrogen) atoms. The van der Waals surface area contributed by atoms with E-state index in [0.29, 0.717) is 0 Å². The van der Waals surface area contributed by atoms with Crippen LogP contribution in [-0.4, -0.2) is 0 Å². The molecule has 11 rings (SSSR count). The van der Waals surface area contributed by atoms with Crippen molar-refractivity contribution in [2.24, 2.45) is 0 Å². The smallest absolute Gasteiger partial charge is 0.143 e. The first kappa shape index (κ1) is 29.6. The van der Waals surface area contributed by atoms with Crippen LogP contribution < -0.4 is 4.90 Å². The van der Waals surface area contributed by atoms with Gasteiger partial charge in [0.2, 0.25) is 0 Å². The van der Waals surface area contributed by atoms with Crippen LogP contribution in [0, 0.1) is 0 Å². The molecule has 0 aliphatic heterocycles. The van der Waals surface area contributed by atoms with Crippen molar-refractivity contribution in [1.82, 2.24) is 0 Å². The Balaban J connectivity index is 1.24. The molecule has 0 radical (unpaired) electrons. The van der Waals surface area contributed by atoms with Crippen molar-refractivity contribution in [3.8, 4) is 22.3 Å². The molecule has 3 heteroatoms. The Morgan fingerprint density at radius 3 is 2.10 bits per heavy atom. The van der Waals surface area contributed by atoms with Crippen molar-refractivity contribution in [3.05, 3.63) is 175 Å². The molecule has 8 aromatic carbocycles. The van der Waals surface area contributed by atoms with Gasteiger partial charge >= 0.3 is 0 Å². The predicted octanol–water partition coefficient (Wildman–Crippen LogP) is 14.6. The summed E-state index contributed by atoms with van der Waals surface area (Å²) < 4.78 is 9.25. The van der Waals surface area contributed by atoms with E-state index >= 15 is 0 Å². The largest absolute Gasteiger partial charge is 0.455 e. The van der Waals surface area contributed by atoms with E-state index in [1.54, 1.807) is 0 Å². The van der Waals surface area contributed by atoms with Crippen molar-refractivity contribution in [3.63, 3.8) is 0 Å². The minimum absolute atomic E-state index is 0.115. The van der Waals surface area contributed by atoms with Crippen LogP contribution in [0.1, 0.15) is 25.0 Å². The Bertz CT molecular complexity index is 3040. The standard InChI is InChI=1S/C49H33NOS/c1-49(2)37-17-9-8-16-35(37)44-38(49)18-10-19-39(44)50(33-25-22-31(23-26-33)30-12-4-3-5-13-30)40-20-11-21-42-46(40)47-43(52-42)29-28-41-45(47)36-27-24-32-14-6-7-15-34(32)48(36)51-41/h3-29H,1-2H3. The maximum absolute atomic E-state index is 6.73. The van der Waals surface area contributed by atoms with Crippen molar-refractivity contribution >= 4 is 81.3 Å². The highest BCUT2D eigenvalue weighted by Crippen LogP contribution is 2.56. The molecule has 0 spiro atoms. The van der Waals surface area contributed by atoms with Crippen molar-refractivity contribution < 1.29 is 4.42 Å². The highest BCUT2D eigenvalue weighted by Gasteiger charge is 2.38. The third kappa shape index (κ3) is 4.11. The normalized spacial score (nSPS) is 13.3. The average molecular weight is 684 g/mol. The lowest BCUT2D eigenvalue weighted by atomic mass is 9.82. The number of rotatable bonds is 4. The Hall–Kier alpha value is -6.16. The van der Waals surface area contributed by atoms with Gasteiger partial charge in [0.25, 0.3) is 0 Å². The summed E-state index contributed by atoms with van der Waals surface area (Å²) in [6.45, 7) is 4.72. The van der Waals surface area contributed by atoms with Crippen LogP contribution in [-0.2, 0) is 5.41 Å². The number of anilines is 3. The SMILES string of the molecule is CC1(C)c2ccccc2-c2c(N(c3ccc(-c4ccccc4)cc3)c3cccc4sc5ccc6oc7c8ccccc8ccc7c6c5c34)cccc21.